The van der Waals surface area contributed by atoms with Gasteiger partial charge in [-0.05, 0) is 12.5 Å². The van der Waals surface area contributed by atoms with Crippen LogP contribution in [-0.2, 0) is 9.47 Å². The summed E-state index contributed by atoms with van der Waals surface area (Å²) in [4.78, 5) is 0.236. The highest BCUT2D eigenvalue weighted by atomic mass is 79.9. The number of alkyl halides is 1. The summed E-state index contributed by atoms with van der Waals surface area (Å²) in [5, 5.41) is 0. The molecule has 0 bridgehead atoms. The topological polar surface area (TPSA) is 21.8 Å². The van der Waals surface area contributed by atoms with Crippen LogP contribution in [0.2, 0.25) is 0 Å². The van der Waals surface area contributed by atoms with Crippen LogP contribution < -0.4 is 0 Å². The van der Waals surface area contributed by atoms with Crippen molar-refractivity contribution in [1.82, 2.24) is 0 Å². The van der Waals surface area contributed by atoms with Gasteiger partial charge in [0.05, 0.1) is 4.83 Å². The van der Waals surface area contributed by atoms with Crippen molar-refractivity contribution in [3.8, 4) is 0 Å². The molecule has 1 saturated heterocycles. The Morgan fingerprint density at radius 1 is 1.43 bits per heavy atom. The fourth-order valence-corrected chi connectivity index (χ4v) is 2.12. The minimum Gasteiger partial charge on any atom is -0.350 e. The normalized spacial score (nSPS) is 27.3. The molecule has 0 aromatic heterocycles. The van der Waals surface area contributed by atoms with Crippen molar-refractivity contribution in [3.05, 3.63) is 35.9 Å². The van der Waals surface area contributed by atoms with Gasteiger partial charge in [-0.1, -0.05) is 46.3 Å². The first-order valence-corrected chi connectivity index (χ1v) is 5.70. The molecule has 3 atom stereocenters. The fraction of sp³-hybridized carbons (Fsp3) is 0.455. The number of hydrogen-bond donors (Lipinski definition) is 0. The zero-order valence-electron chi connectivity index (χ0n) is 8.02. The van der Waals surface area contributed by atoms with E-state index in [9.17, 15) is 0 Å². The number of rotatable bonds is 4. The number of epoxide rings is 1. The van der Waals surface area contributed by atoms with Gasteiger partial charge in [0.2, 0.25) is 0 Å². The van der Waals surface area contributed by atoms with Gasteiger partial charge < -0.3 is 9.47 Å². The summed E-state index contributed by atoms with van der Waals surface area (Å²) in [6.07, 6.45) is 0.141. The van der Waals surface area contributed by atoms with E-state index in [1.165, 1.54) is 5.56 Å². The van der Waals surface area contributed by atoms with Crippen molar-refractivity contribution in [2.24, 2.45) is 0 Å². The highest BCUT2D eigenvalue weighted by Gasteiger charge is 2.45. The number of hydrogen-bond acceptors (Lipinski definition) is 2. The molecule has 1 aromatic rings. The van der Waals surface area contributed by atoms with Gasteiger partial charge in [0.25, 0.3) is 0 Å². The van der Waals surface area contributed by atoms with Gasteiger partial charge in [-0.25, -0.2) is 0 Å². The summed E-state index contributed by atoms with van der Waals surface area (Å²) in [5.41, 5.74) is 1.24. The highest BCUT2D eigenvalue weighted by Crippen LogP contribution is 2.40. The van der Waals surface area contributed by atoms with E-state index in [2.05, 4.69) is 28.1 Å². The quantitative estimate of drug-likeness (QED) is 0.611. The van der Waals surface area contributed by atoms with Crippen LogP contribution in [0, 0.1) is 0 Å². The predicted octanol–water partition coefficient (Wildman–Crippen LogP) is 2.88. The number of benzene rings is 1. The lowest BCUT2D eigenvalue weighted by molar-refractivity contribution is 0.0593. The van der Waals surface area contributed by atoms with Crippen molar-refractivity contribution < 1.29 is 9.47 Å². The van der Waals surface area contributed by atoms with E-state index in [1.807, 2.05) is 25.1 Å². The van der Waals surface area contributed by atoms with Crippen LogP contribution in [0.4, 0.5) is 0 Å². The van der Waals surface area contributed by atoms with Crippen LogP contribution in [0.15, 0.2) is 30.3 Å². The van der Waals surface area contributed by atoms with Crippen LogP contribution >= 0.6 is 15.9 Å². The molecule has 14 heavy (non-hydrogen) atoms. The molecule has 2 rings (SSSR count). The van der Waals surface area contributed by atoms with E-state index in [0.29, 0.717) is 6.61 Å². The molecule has 0 saturated carbocycles. The van der Waals surface area contributed by atoms with Crippen molar-refractivity contribution >= 4 is 15.9 Å². The zero-order chi connectivity index (χ0) is 9.97. The Morgan fingerprint density at radius 3 is 2.79 bits per heavy atom. The van der Waals surface area contributed by atoms with Crippen molar-refractivity contribution in [3.63, 3.8) is 0 Å². The standard InChI is InChI=1S/C11H13BrO2/c1-2-13-11-10(14-11)9(12)8-6-4-3-5-7-8/h3-7,9-11H,2H2,1H3. The van der Waals surface area contributed by atoms with E-state index in [-0.39, 0.29) is 17.2 Å². The molecular formula is C11H13BrO2. The molecule has 1 fully saturated rings. The Bertz CT molecular complexity index is 289. The van der Waals surface area contributed by atoms with Gasteiger partial charge in [-0.2, -0.15) is 0 Å². The lowest BCUT2D eigenvalue weighted by atomic mass is 10.1. The summed E-state index contributed by atoms with van der Waals surface area (Å²) in [6.45, 7) is 2.68. The average Bonchev–Trinajstić information content (AvgIpc) is 2.98. The summed E-state index contributed by atoms with van der Waals surface area (Å²) >= 11 is 3.62. The molecule has 2 nitrogen and oxygen atoms in total. The Hall–Kier alpha value is -0.380. The molecule has 0 amide bonds. The van der Waals surface area contributed by atoms with Crippen LogP contribution in [0.5, 0.6) is 0 Å². The lowest BCUT2D eigenvalue weighted by Gasteiger charge is -2.05. The second kappa shape index (κ2) is 4.43. The molecule has 0 radical (unpaired) electrons. The van der Waals surface area contributed by atoms with Gasteiger partial charge in [-0.3, -0.25) is 0 Å². The van der Waals surface area contributed by atoms with Gasteiger partial charge in [0.1, 0.15) is 6.10 Å². The second-order valence-corrected chi connectivity index (χ2v) is 4.22. The van der Waals surface area contributed by atoms with E-state index in [0.717, 1.165) is 0 Å². The van der Waals surface area contributed by atoms with Crippen LogP contribution in [-0.4, -0.2) is 19.0 Å². The fourth-order valence-electron chi connectivity index (χ4n) is 1.44. The Balaban J connectivity index is 1.94. The second-order valence-electron chi connectivity index (χ2n) is 3.24. The first kappa shape index (κ1) is 10.1. The molecule has 1 heterocycles. The SMILES string of the molecule is CCOC1OC1C(Br)c1ccccc1. The average molecular weight is 257 g/mol. The van der Waals surface area contributed by atoms with Crippen LogP contribution in [0.1, 0.15) is 17.3 Å². The first-order valence-electron chi connectivity index (χ1n) is 4.79. The summed E-state index contributed by atoms with van der Waals surface area (Å²) in [5.74, 6) is 0. The lowest BCUT2D eigenvalue weighted by Crippen LogP contribution is -2.05. The predicted molar refractivity (Wildman–Crippen MR) is 58.4 cm³/mol. The third-order valence-corrected chi connectivity index (χ3v) is 3.27. The van der Waals surface area contributed by atoms with E-state index >= 15 is 0 Å². The molecule has 0 N–H and O–H groups in total. The summed E-state index contributed by atoms with van der Waals surface area (Å²) < 4.78 is 10.8. The van der Waals surface area contributed by atoms with Crippen molar-refractivity contribution in [2.75, 3.05) is 6.61 Å². The molecule has 76 valence electrons. The summed E-state index contributed by atoms with van der Waals surface area (Å²) in [6, 6.07) is 10.2. The summed E-state index contributed by atoms with van der Waals surface area (Å²) in [7, 11) is 0. The Morgan fingerprint density at radius 2 is 2.14 bits per heavy atom. The van der Waals surface area contributed by atoms with Crippen LogP contribution in [0.25, 0.3) is 0 Å². The maximum absolute atomic E-state index is 5.40. The molecular weight excluding hydrogens is 244 g/mol. The zero-order valence-corrected chi connectivity index (χ0v) is 9.61. The molecule has 0 aliphatic carbocycles. The maximum Gasteiger partial charge on any atom is 0.185 e. The molecule has 3 heteroatoms. The van der Waals surface area contributed by atoms with Crippen molar-refractivity contribution in [2.45, 2.75) is 24.1 Å². The third kappa shape index (κ3) is 2.16. The minimum atomic E-state index is -0.0235. The van der Waals surface area contributed by atoms with Gasteiger partial charge in [0.15, 0.2) is 6.29 Å². The largest absolute Gasteiger partial charge is 0.350 e. The maximum atomic E-state index is 5.40. The van der Waals surface area contributed by atoms with E-state index in [1.54, 1.807) is 0 Å². The molecule has 1 aromatic carbocycles. The first-order chi connectivity index (χ1) is 6.83. The number of ether oxygens (including phenoxy) is 2. The molecule has 0 spiro atoms. The third-order valence-electron chi connectivity index (χ3n) is 2.22. The number of halogens is 1. The van der Waals surface area contributed by atoms with Gasteiger partial charge in [-0.15, -0.1) is 0 Å². The van der Waals surface area contributed by atoms with E-state index < -0.39 is 0 Å². The molecule has 1 aliphatic heterocycles. The highest BCUT2D eigenvalue weighted by molar-refractivity contribution is 9.09. The minimum absolute atomic E-state index is 0.0235. The smallest absolute Gasteiger partial charge is 0.185 e. The molecule has 1 aliphatic rings. The Labute approximate surface area is 92.3 Å². The van der Waals surface area contributed by atoms with Gasteiger partial charge in [0, 0.05) is 6.61 Å². The molecule has 3 unspecified atom stereocenters. The Kier molecular flexibility index (Phi) is 3.21. The monoisotopic (exact) mass is 256 g/mol. The van der Waals surface area contributed by atoms with Crippen LogP contribution in [0.3, 0.4) is 0 Å². The van der Waals surface area contributed by atoms with Gasteiger partial charge >= 0.3 is 0 Å². The van der Waals surface area contributed by atoms with Crippen molar-refractivity contribution in [1.29, 1.82) is 0 Å². The van der Waals surface area contributed by atoms with E-state index in [4.69, 9.17) is 9.47 Å².